The van der Waals surface area contributed by atoms with Crippen LogP contribution in [0.2, 0.25) is 0 Å². The van der Waals surface area contributed by atoms with E-state index in [1.54, 1.807) is 0 Å². The quantitative estimate of drug-likeness (QED) is 0.503. The molecule has 0 radical (unpaired) electrons. The first-order chi connectivity index (χ1) is 3.29. The minimum Gasteiger partial charge on any atom is -0.281 e. The Morgan fingerprint density at radius 2 is 2.29 bits per heavy atom. The number of hydrogen-bond donors (Lipinski definition) is 0. The maximum Gasteiger partial charge on any atom is 0.221 e. The first-order valence-electron chi connectivity index (χ1n) is 2.47. The van der Waals surface area contributed by atoms with Gasteiger partial charge in [-0.2, -0.15) is 0 Å². The molecule has 0 atom stereocenters. The molecule has 0 N–H and O–H groups in total. The van der Waals surface area contributed by atoms with Gasteiger partial charge in [0.05, 0.1) is 0 Å². The van der Waals surface area contributed by atoms with E-state index in [0.29, 0.717) is 12.3 Å². The first-order valence-corrected chi connectivity index (χ1v) is 2.85. The highest BCUT2D eigenvalue weighted by Crippen LogP contribution is 2.32. The second kappa shape index (κ2) is 1.83. The minimum atomic E-state index is -0.178. The molecule has 1 saturated carbocycles. The van der Waals surface area contributed by atoms with E-state index < -0.39 is 0 Å². The molecular formula is C5H7ClO. The molecule has 0 bridgehead atoms. The Hall–Kier alpha value is -0.0400. The van der Waals surface area contributed by atoms with Crippen molar-refractivity contribution in [3.8, 4) is 0 Å². The van der Waals surface area contributed by atoms with Gasteiger partial charge in [0.1, 0.15) is 0 Å². The van der Waals surface area contributed by atoms with Crippen molar-refractivity contribution in [1.29, 1.82) is 0 Å². The molecular weight excluding hydrogens is 112 g/mol. The number of carbonyl (C=O) groups excluding carboxylic acids is 1. The van der Waals surface area contributed by atoms with Crippen molar-refractivity contribution < 1.29 is 4.79 Å². The third-order valence-electron chi connectivity index (χ3n) is 1.15. The highest BCUT2D eigenvalue weighted by Gasteiger charge is 2.22. The van der Waals surface area contributed by atoms with Crippen LogP contribution in [0, 0.1) is 5.92 Å². The minimum absolute atomic E-state index is 0.178. The van der Waals surface area contributed by atoms with E-state index in [9.17, 15) is 4.79 Å². The SMILES string of the molecule is O=C(Cl)CC1CC1. The first kappa shape index (κ1) is 5.10. The Bertz CT molecular complexity index is 86.1. The van der Waals surface area contributed by atoms with E-state index in [4.69, 9.17) is 11.6 Å². The van der Waals surface area contributed by atoms with Gasteiger partial charge in [-0.25, -0.2) is 0 Å². The smallest absolute Gasteiger partial charge is 0.221 e. The lowest BCUT2D eigenvalue weighted by Gasteiger charge is -1.81. The summed E-state index contributed by atoms with van der Waals surface area (Å²) in [5.41, 5.74) is 0. The highest BCUT2D eigenvalue weighted by atomic mass is 35.5. The third-order valence-corrected chi connectivity index (χ3v) is 1.30. The summed E-state index contributed by atoms with van der Waals surface area (Å²) in [7, 11) is 0. The molecule has 1 nitrogen and oxygen atoms in total. The molecule has 7 heavy (non-hydrogen) atoms. The van der Waals surface area contributed by atoms with Crippen LogP contribution in [-0.2, 0) is 4.79 Å². The number of halogens is 1. The number of carbonyl (C=O) groups is 1. The zero-order valence-corrected chi connectivity index (χ0v) is 4.74. The Labute approximate surface area is 47.7 Å². The lowest BCUT2D eigenvalue weighted by atomic mass is 10.3. The van der Waals surface area contributed by atoms with Crippen LogP contribution in [0.25, 0.3) is 0 Å². The van der Waals surface area contributed by atoms with E-state index in [0.717, 1.165) is 0 Å². The molecule has 0 aliphatic heterocycles. The normalized spacial score (nSPS) is 19.6. The summed E-state index contributed by atoms with van der Waals surface area (Å²) in [6, 6.07) is 0. The average molecular weight is 119 g/mol. The van der Waals surface area contributed by atoms with Gasteiger partial charge in [0.2, 0.25) is 5.24 Å². The summed E-state index contributed by atoms with van der Waals surface area (Å²) in [6.45, 7) is 0. The fourth-order valence-electron chi connectivity index (χ4n) is 0.549. The van der Waals surface area contributed by atoms with Crippen LogP contribution in [0.15, 0.2) is 0 Å². The van der Waals surface area contributed by atoms with Crippen molar-refractivity contribution in [3.05, 3.63) is 0 Å². The molecule has 0 aromatic rings. The van der Waals surface area contributed by atoms with Gasteiger partial charge in [0, 0.05) is 6.42 Å². The number of hydrogen-bond acceptors (Lipinski definition) is 1. The molecule has 1 aliphatic carbocycles. The van der Waals surface area contributed by atoms with E-state index in [-0.39, 0.29) is 5.24 Å². The van der Waals surface area contributed by atoms with Crippen molar-refractivity contribution in [2.45, 2.75) is 19.3 Å². The van der Waals surface area contributed by atoms with Gasteiger partial charge in [-0.15, -0.1) is 0 Å². The maximum atomic E-state index is 10.1. The Morgan fingerprint density at radius 3 is 2.43 bits per heavy atom. The summed E-state index contributed by atoms with van der Waals surface area (Å²) >= 11 is 5.07. The lowest BCUT2D eigenvalue weighted by molar-refractivity contribution is -0.111. The molecule has 0 aromatic carbocycles. The summed E-state index contributed by atoms with van der Waals surface area (Å²) in [5.74, 6) is 0.644. The van der Waals surface area contributed by atoms with Gasteiger partial charge in [0.15, 0.2) is 0 Å². The Balaban J connectivity index is 2.08. The van der Waals surface area contributed by atoms with Crippen molar-refractivity contribution in [1.82, 2.24) is 0 Å². The summed E-state index contributed by atoms with van der Waals surface area (Å²) in [5, 5.41) is -0.178. The zero-order valence-electron chi connectivity index (χ0n) is 3.98. The monoisotopic (exact) mass is 118 g/mol. The molecule has 1 aliphatic rings. The van der Waals surface area contributed by atoms with Gasteiger partial charge in [0.25, 0.3) is 0 Å². The molecule has 1 fully saturated rings. The number of rotatable bonds is 2. The van der Waals surface area contributed by atoms with E-state index in [1.807, 2.05) is 0 Å². The molecule has 0 unspecified atom stereocenters. The largest absolute Gasteiger partial charge is 0.281 e. The summed E-state index contributed by atoms with van der Waals surface area (Å²) in [4.78, 5) is 10.1. The molecule has 0 amide bonds. The standard InChI is InChI=1S/C5H7ClO/c6-5(7)3-4-1-2-4/h4H,1-3H2. The van der Waals surface area contributed by atoms with Crippen LogP contribution in [0.3, 0.4) is 0 Å². The van der Waals surface area contributed by atoms with Crippen LogP contribution in [0.4, 0.5) is 0 Å². The van der Waals surface area contributed by atoms with Crippen molar-refractivity contribution in [3.63, 3.8) is 0 Å². The van der Waals surface area contributed by atoms with E-state index >= 15 is 0 Å². The van der Waals surface area contributed by atoms with Gasteiger partial charge in [-0.1, -0.05) is 0 Å². The molecule has 1 rings (SSSR count). The van der Waals surface area contributed by atoms with Crippen LogP contribution in [0.5, 0.6) is 0 Å². The van der Waals surface area contributed by atoms with Crippen LogP contribution in [-0.4, -0.2) is 5.24 Å². The van der Waals surface area contributed by atoms with Crippen LogP contribution in [0.1, 0.15) is 19.3 Å². The van der Waals surface area contributed by atoms with Crippen LogP contribution >= 0.6 is 11.6 Å². The molecule has 0 heterocycles. The highest BCUT2D eigenvalue weighted by molar-refractivity contribution is 6.63. The lowest BCUT2D eigenvalue weighted by Crippen LogP contribution is -1.84. The predicted molar refractivity (Wildman–Crippen MR) is 28.2 cm³/mol. The van der Waals surface area contributed by atoms with Crippen molar-refractivity contribution in [2.24, 2.45) is 5.92 Å². The van der Waals surface area contributed by atoms with E-state index in [1.165, 1.54) is 12.8 Å². The van der Waals surface area contributed by atoms with Crippen LogP contribution < -0.4 is 0 Å². The van der Waals surface area contributed by atoms with Gasteiger partial charge in [-0.05, 0) is 30.4 Å². The molecule has 0 aromatic heterocycles. The van der Waals surface area contributed by atoms with Crippen molar-refractivity contribution in [2.75, 3.05) is 0 Å². The molecule has 0 spiro atoms. The molecule has 40 valence electrons. The molecule has 0 saturated heterocycles. The topological polar surface area (TPSA) is 17.1 Å². The summed E-state index contributed by atoms with van der Waals surface area (Å²) in [6.07, 6.45) is 3.01. The van der Waals surface area contributed by atoms with E-state index in [2.05, 4.69) is 0 Å². The van der Waals surface area contributed by atoms with Gasteiger partial charge >= 0.3 is 0 Å². The average Bonchev–Trinajstić information content (AvgIpc) is 2.17. The van der Waals surface area contributed by atoms with Gasteiger partial charge < -0.3 is 0 Å². The van der Waals surface area contributed by atoms with Gasteiger partial charge in [-0.3, -0.25) is 4.79 Å². The zero-order chi connectivity index (χ0) is 5.28. The Morgan fingerprint density at radius 1 is 1.71 bits per heavy atom. The van der Waals surface area contributed by atoms with Crippen molar-refractivity contribution >= 4 is 16.8 Å². The Kier molecular flexibility index (Phi) is 1.33. The maximum absolute atomic E-state index is 10.1. The second-order valence-corrected chi connectivity index (χ2v) is 2.42. The fourth-order valence-corrected chi connectivity index (χ4v) is 0.767. The summed E-state index contributed by atoms with van der Waals surface area (Å²) < 4.78 is 0. The third kappa shape index (κ3) is 1.93. The predicted octanol–water partition coefficient (Wildman–Crippen LogP) is 1.55. The molecule has 2 heteroatoms. The fraction of sp³-hybridized carbons (Fsp3) is 0.800. The second-order valence-electron chi connectivity index (χ2n) is 2.00.